The Hall–Kier alpha value is -0.905. The van der Waals surface area contributed by atoms with Crippen LogP contribution in [0.1, 0.15) is 51.8 Å². The first-order chi connectivity index (χ1) is 9.22. The van der Waals surface area contributed by atoms with Crippen LogP contribution in [0.25, 0.3) is 0 Å². The number of rotatable bonds is 4. The molecule has 0 radical (unpaired) electrons. The molecule has 0 fully saturated rings. The fraction of sp³-hybridized carbons (Fsp3) is 0.667. The standard InChI is InChI=1S/C15H24BNO3/c1-14(2,18)15(3,4)20-16(19)12-9-10-17-13-8-6-5-7-11(12)13/h9-10,18-19H,5-8H2,1-4H3. The number of fused-ring (bicyclic) bond motifs is 1. The molecule has 0 unspecified atom stereocenters. The van der Waals surface area contributed by atoms with Crippen LogP contribution in [0.5, 0.6) is 0 Å². The van der Waals surface area contributed by atoms with Crippen molar-refractivity contribution in [2.24, 2.45) is 0 Å². The van der Waals surface area contributed by atoms with Crippen molar-refractivity contribution in [1.82, 2.24) is 4.98 Å². The first-order valence-corrected chi connectivity index (χ1v) is 7.27. The van der Waals surface area contributed by atoms with Gasteiger partial charge in [0.1, 0.15) is 0 Å². The Bertz CT molecular complexity index is 482. The molecule has 1 aliphatic rings. The molecule has 20 heavy (non-hydrogen) atoms. The molecule has 0 aromatic carbocycles. The smallest absolute Gasteiger partial charge is 0.423 e. The molecular formula is C15H24BNO3. The molecule has 5 heteroatoms. The average Bonchev–Trinajstić information content (AvgIpc) is 2.36. The van der Waals surface area contributed by atoms with Gasteiger partial charge in [0.15, 0.2) is 0 Å². The maximum Gasteiger partial charge on any atom is 0.492 e. The molecule has 2 rings (SSSR count). The molecule has 1 aliphatic carbocycles. The van der Waals surface area contributed by atoms with Gasteiger partial charge in [-0.2, -0.15) is 0 Å². The first kappa shape index (κ1) is 15.5. The van der Waals surface area contributed by atoms with E-state index in [1.807, 2.05) is 6.07 Å². The molecule has 110 valence electrons. The predicted octanol–water partition coefficient (Wildman–Crippen LogP) is 1.21. The van der Waals surface area contributed by atoms with Crippen LogP contribution in [0.4, 0.5) is 0 Å². The quantitative estimate of drug-likeness (QED) is 0.812. The Labute approximate surface area is 121 Å². The summed E-state index contributed by atoms with van der Waals surface area (Å²) < 4.78 is 5.73. The van der Waals surface area contributed by atoms with Gasteiger partial charge in [0.25, 0.3) is 0 Å². The van der Waals surface area contributed by atoms with Gasteiger partial charge in [-0.25, -0.2) is 0 Å². The number of nitrogens with zero attached hydrogens (tertiary/aromatic N) is 1. The molecule has 0 saturated carbocycles. The Morgan fingerprint density at radius 3 is 2.50 bits per heavy atom. The van der Waals surface area contributed by atoms with E-state index in [2.05, 4.69) is 4.98 Å². The second-order valence-electron chi connectivity index (χ2n) is 6.57. The molecule has 4 nitrogen and oxygen atoms in total. The van der Waals surface area contributed by atoms with E-state index in [0.717, 1.165) is 42.4 Å². The van der Waals surface area contributed by atoms with Crippen LogP contribution in [0.15, 0.2) is 12.3 Å². The third-order valence-corrected chi connectivity index (χ3v) is 4.42. The fourth-order valence-electron chi connectivity index (χ4n) is 2.37. The van der Waals surface area contributed by atoms with Crippen molar-refractivity contribution in [1.29, 1.82) is 0 Å². The Kier molecular flexibility index (Phi) is 4.23. The minimum Gasteiger partial charge on any atom is -0.423 e. The first-order valence-electron chi connectivity index (χ1n) is 7.27. The maximum atomic E-state index is 10.4. The van der Waals surface area contributed by atoms with E-state index in [9.17, 15) is 10.1 Å². The second-order valence-corrected chi connectivity index (χ2v) is 6.57. The lowest BCUT2D eigenvalue weighted by Crippen LogP contribution is -2.53. The van der Waals surface area contributed by atoms with Crippen LogP contribution in [-0.4, -0.2) is 33.4 Å². The SMILES string of the molecule is CC(C)(O)C(C)(C)OB(O)c1ccnc2c1CCCC2. The number of aromatic nitrogens is 1. The lowest BCUT2D eigenvalue weighted by atomic mass is 9.72. The van der Waals surface area contributed by atoms with Crippen molar-refractivity contribution in [2.75, 3.05) is 0 Å². The van der Waals surface area contributed by atoms with Gasteiger partial charge < -0.3 is 14.8 Å². The van der Waals surface area contributed by atoms with Crippen LogP contribution in [0.2, 0.25) is 0 Å². The number of pyridine rings is 1. The van der Waals surface area contributed by atoms with Crippen molar-refractivity contribution in [3.05, 3.63) is 23.5 Å². The summed E-state index contributed by atoms with van der Waals surface area (Å²) in [6, 6.07) is 1.81. The van der Waals surface area contributed by atoms with E-state index < -0.39 is 18.3 Å². The van der Waals surface area contributed by atoms with Crippen LogP contribution in [-0.2, 0) is 17.5 Å². The molecule has 0 amide bonds. The van der Waals surface area contributed by atoms with E-state index >= 15 is 0 Å². The lowest BCUT2D eigenvalue weighted by Gasteiger charge is -2.38. The normalized spacial score (nSPS) is 15.9. The summed E-state index contributed by atoms with van der Waals surface area (Å²) in [5.41, 5.74) is 1.07. The number of aryl methyl sites for hydroxylation is 1. The number of aliphatic hydroxyl groups is 1. The highest BCUT2D eigenvalue weighted by atomic mass is 16.5. The summed E-state index contributed by atoms with van der Waals surface area (Å²) in [7, 11) is -1.04. The van der Waals surface area contributed by atoms with Crippen molar-refractivity contribution in [3.8, 4) is 0 Å². The van der Waals surface area contributed by atoms with Gasteiger partial charge in [-0.3, -0.25) is 4.98 Å². The van der Waals surface area contributed by atoms with Crippen molar-refractivity contribution < 1.29 is 14.8 Å². The summed E-state index contributed by atoms with van der Waals surface area (Å²) in [6.45, 7) is 6.93. The molecule has 0 atom stereocenters. The largest absolute Gasteiger partial charge is 0.492 e. The van der Waals surface area contributed by atoms with E-state index in [1.165, 1.54) is 0 Å². The molecule has 0 saturated heterocycles. The molecule has 0 bridgehead atoms. The topological polar surface area (TPSA) is 62.6 Å². The van der Waals surface area contributed by atoms with Gasteiger partial charge in [0.05, 0.1) is 11.2 Å². The van der Waals surface area contributed by atoms with Gasteiger partial charge in [0.2, 0.25) is 0 Å². The van der Waals surface area contributed by atoms with Crippen molar-refractivity contribution in [3.63, 3.8) is 0 Å². The van der Waals surface area contributed by atoms with E-state index in [4.69, 9.17) is 4.65 Å². The Morgan fingerprint density at radius 2 is 1.85 bits per heavy atom. The Balaban J connectivity index is 2.24. The van der Waals surface area contributed by atoms with Crippen molar-refractivity contribution in [2.45, 2.75) is 64.6 Å². The molecule has 2 N–H and O–H groups in total. The molecule has 1 aromatic rings. The third-order valence-electron chi connectivity index (χ3n) is 4.42. The van der Waals surface area contributed by atoms with Crippen LogP contribution in [0, 0.1) is 0 Å². The number of hydrogen-bond acceptors (Lipinski definition) is 4. The van der Waals surface area contributed by atoms with Gasteiger partial charge in [-0.15, -0.1) is 0 Å². The molecule has 1 aromatic heterocycles. The highest BCUT2D eigenvalue weighted by molar-refractivity contribution is 6.60. The van der Waals surface area contributed by atoms with E-state index in [0.29, 0.717) is 0 Å². The zero-order valence-electron chi connectivity index (χ0n) is 12.8. The summed E-state index contributed by atoms with van der Waals surface area (Å²) in [6.07, 6.45) is 5.89. The van der Waals surface area contributed by atoms with Gasteiger partial charge in [-0.05, 0) is 70.5 Å². The minimum absolute atomic E-state index is 0.784. The zero-order chi connectivity index (χ0) is 15.0. The summed E-state index contributed by atoms with van der Waals surface area (Å²) in [4.78, 5) is 4.39. The van der Waals surface area contributed by atoms with E-state index in [-0.39, 0.29) is 0 Å². The average molecular weight is 277 g/mol. The van der Waals surface area contributed by atoms with Gasteiger partial charge >= 0.3 is 7.12 Å². The van der Waals surface area contributed by atoms with E-state index in [1.54, 1.807) is 33.9 Å². The molecule has 1 heterocycles. The van der Waals surface area contributed by atoms with Crippen molar-refractivity contribution >= 4 is 12.6 Å². The summed E-state index contributed by atoms with van der Waals surface area (Å²) >= 11 is 0. The summed E-state index contributed by atoms with van der Waals surface area (Å²) in [5.74, 6) is 0. The number of hydrogen-bond donors (Lipinski definition) is 2. The predicted molar refractivity (Wildman–Crippen MR) is 79.9 cm³/mol. The highest BCUT2D eigenvalue weighted by Crippen LogP contribution is 2.26. The zero-order valence-corrected chi connectivity index (χ0v) is 12.8. The molecular weight excluding hydrogens is 253 g/mol. The van der Waals surface area contributed by atoms with Crippen LogP contribution < -0.4 is 5.46 Å². The van der Waals surface area contributed by atoms with Crippen LogP contribution >= 0.6 is 0 Å². The molecule has 0 aliphatic heterocycles. The van der Waals surface area contributed by atoms with Crippen LogP contribution in [0.3, 0.4) is 0 Å². The molecule has 0 spiro atoms. The highest BCUT2D eigenvalue weighted by Gasteiger charge is 2.40. The minimum atomic E-state index is -1.04. The third kappa shape index (κ3) is 3.05. The second kappa shape index (κ2) is 5.47. The summed E-state index contributed by atoms with van der Waals surface area (Å²) in [5, 5.41) is 20.5. The Morgan fingerprint density at radius 1 is 1.20 bits per heavy atom. The van der Waals surface area contributed by atoms with Gasteiger partial charge in [-0.1, -0.05) is 0 Å². The maximum absolute atomic E-state index is 10.4. The monoisotopic (exact) mass is 277 g/mol. The van der Waals surface area contributed by atoms with Gasteiger partial charge in [0, 0.05) is 11.9 Å². The fourth-order valence-corrected chi connectivity index (χ4v) is 2.37. The lowest BCUT2D eigenvalue weighted by molar-refractivity contribution is -0.0982.